The maximum absolute atomic E-state index is 13.3. The predicted octanol–water partition coefficient (Wildman–Crippen LogP) is 4.80. The van der Waals surface area contributed by atoms with E-state index in [-0.39, 0.29) is 18.6 Å². The zero-order valence-electron chi connectivity index (χ0n) is 16.2. The highest BCUT2D eigenvalue weighted by Crippen LogP contribution is 2.29. The molecule has 0 saturated heterocycles. The quantitative estimate of drug-likeness (QED) is 0.532. The lowest BCUT2D eigenvalue weighted by Crippen LogP contribution is -2.16. The maximum Gasteiger partial charge on any atom is 0.303 e. The van der Waals surface area contributed by atoms with Gasteiger partial charge in [0.15, 0.2) is 5.78 Å². The van der Waals surface area contributed by atoms with E-state index in [0.717, 1.165) is 16.8 Å². The Kier molecular flexibility index (Phi) is 6.74. The van der Waals surface area contributed by atoms with Gasteiger partial charge in [-0.1, -0.05) is 42.5 Å². The summed E-state index contributed by atoms with van der Waals surface area (Å²) in [6.07, 6.45) is 1.88. The van der Waals surface area contributed by atoms with Crippen molar-refractivity contribution in [2.24, 2.45) is 0 Å². The van der Waals surface area contributed by atoms with Crippen LogP contribution in [0.2, 0.25) is 0 Å². The summed E-state index contributed by atoms with van der Waals surface area (Å²) in [5.41, 5.74) is 3.13. The van der Waals surface area contributed by atoms with Gasteiger partial charge in [0.1, 0.15) is 12.4 Å². The summed E-state index contributed by atoms with van der Waals surface area (Å²) in [4.78, 5) is 28.6. The van der Waals surface area contributed by atoms with Gasteiger partial charge in [0.25, 0.3) is 0 Å². The Morgan fingerprint density at radius 2 is 1.83 bits per heavy atom. The van der Waals surface area contributed by atoms with Crippen LogP contribution in [-0.2, 0) is 11.4 Å². The maximum atomic E-state index is 13.3. The number of nitrogens with zero attached hydrogens (tertiary/aromatic N) is 1. The second-order valence-corrected chi connectivity index (χ2v) is 6.84. The van der Waals surface area contributed by atoms with Gasteiger partial charge in [-0.3, -0.25) is 14.6 Å². The molecule has 0 aliphatic rings. The van der Waals surface area contributed by atoms with Gasteiger partial charge in [-0.15, -0.1) is 0 Å². The molecule has 0 aliphatic carbocycles. The highest BCUT2D eigenvalue weighted by molar-refractivity contribution is 6.01. The van der Waals surface area contributed by atoms with Crippen molar-refractivity contribution < 1.29 is 19.4 Å². The Balaban J connectivity index is 1.81. The number of rotatable bonds is 9. The van der Waals surface area contributed by atoms with Gasteiger partial charge in [-0.2, -0.15) is 0 Å². The van der Waals surface area contributed by atoms with Crippen molar-refractivity contribution in [2.75, 3.05) is 0 Å². The molecule has 3 rings (SSSR count). The van der Waals surface area contributed by atoms with Crippen LogP contribution in [0.4, 0.5) is 0 Å². The number of aromatic nitrogens is 1. The average Bonchev–Trinajstić information content (AvgIpc) is 2.74. The van der Waals surface area contributed by atoms with Gasteiger partial charge in [0.2, 0.25) is 0 Å². The van der Waals surface area contributed by atoms with Crippen molar-refractivity contribution in [1.29, 1.82) is 0 Å². The SMILES string of the molecule is Cc1ccccc1[C@H](CCC(=O)O)C(=O)c1cccc(OCc2ccccn2)c1. The summed E-state index contributed by atoms with van der Waals surface area (Å²) < 4.78 is 5.78. The molecule has 29 heavy (non-hydrogen) atoms. The zero-order valence-corrected chi connectivity index (χ0v) is 16.2. The Bertz CT molecular complexity index is 985. The van der Waals surface area contributed by atoms with Crippen molar-refractivity contribution in [3.63, 3.8) is 0 Å². The van der Waals surface area contributed by atoms with E-state index in [2.05, 4.69) is 4.98 Å². The number of ketones is 1. The monoisotopic (exact) mass is 389 g/mol. The number of pyridine rings is 1. The molecule has 0 fully saturated rings. The summed E-state index contributed by atoms with van der Waals surface area (Å²) in [6.45, 7) is 2.24. The third-order valence-corrected chi connectivity index (χ3v) is 4.76. The van der Waals surface area contributed by atoms with Gasteiger partial charge in [-0.05, 0) is 48.7 Å². The van der Waals surface area contributed by atoms with Crippen LogP contribution in [0.5, 0.6) is 5.75 Å². The van der Waals surface area contributed by atoms with E-state index in [0.29, 0.717) is 17.9 Å². The average molecular weight is 389 g/mol. The minimum atomic E-state index is -0.913. The first kappa shape index (κ1) is 20.3. The molecule has 0 bridgehead atoms. The number of aliphatic carboxylic acids is 1. The molecule has 0 aliphatic heterocycles. The van der Waals surface area contributed by atoms with Crippen molar-refractivity contribution in [2.45, 2.75) is 32.3 Å². The fourth-order valence-electron chi connectivity index (χ4n) is 3.25. The number of carboxylic acid groups (broad SMARTS) is 1. The molecule has 2 aromatic carbocycles. The first-order valence-electron chi connectivity index (χ1n) is 9.49. The van der Waals surface area contributed by atoms with Crippen LogP contribution in [0, 0.1) is 6.92 Å². The van der Waals surface area contributed by atoms with Crippen LogP contribution in [0.3, 0.4) is 0 Å². The van der Waals surface area contributed by atoms with Crippen LogP contribution in [0.25, 0.3) is 0 Å². The number of hydrogen-bond acceptors (Lipinski definition) is 4. The van der Waals surface area contributed by atoms with Crippen LogP contribution in [0.15, 0.2) is 72.9 Å². The molecule has 0 saturated carbocycles. The van der Waals surface area contributed by atoms with Crippen molar-refractivity contribution >= 4 is 11.8 Å². The van der Waals surface area contributed by atoms with E-state index in [4.69, 9.17) is 9.84 Å². The van der Waals surface area contributed by atoms with Gasteiger partial charge in [0, 0.05) is 24.1 Å². The fraction of sp³-hybridized carbons (Fsp3) is 0.208. The molecule has 5 nitrogen and oxygen atoms in total. The molecule has 5 heteroatoms. The van der Waals surface area contributed by atoms with Gasteiger partial charge >= 0.3 is 5.97 Å². The lowest BCUT2D eigenvalue weighted by atomic mass is 9.85. The summed E-state index contributed by atoms with van der Waals surface area (Å²) in [5, 5.41) is 9.12. The molecule has 1 heterocycles. The number of carbonyl (C=O) groups is 2. The van der Waals surface area contributed by atoms with E-state index >= 15 is 0 Å². The number of Topliss-reactive ketones (excluding diaryl/α,β-unsaturated/α-hetero) is 1. The highest BCUT2D eigenvalue weighted by Gasteiger charge is 2.24. The molecule has 0 amide bonds. The first-order valence-corrected chi connectivity index (χ1v) is 9.49. The standard InChI is InChI=1S/C24H23NO4/c1-17-7-2-3-11-21(17)22(12-13-23(26)27)24(28)18-8-6-10-20(15-18)29-16-19-9-4-5-14-25-19/h2-11,14-15,22H,12-13,16H2,1H3,(H,26,27)/t22-/m0/s1. The van der Waals surface area contributed by atoms with Crippen LogP contribution < -0.4 is 4.74 Å². The lowest BCUT2D eigenvalue weighted by Gasteiger charge is -2.18. The van der Waals surface area contributed by atoms with Gasteiger partial charge in [0.05, 0.1) is 5.69 Å². The van der Waals surface area contributed by atoms with E-state index in [1.54, 1.807) is 30.5 Å². The number of benzene rings is 2. The Morgan fingerprint density at radius 3 is 2.55 bits per heavy atom. The minimum Gasteiger partial charge on any atom is -0.487 e. The summed E-state index contributed by atoms with van der Waals surface area (Å²) >= 11 is 0. The predicted molar refractivity (Wildman–Crippen MR) is 110 cm³/mol. The largest absolute Gasteiger partial charge is 0.487 e. The normalized spacial score (nSPS) is 11.6. The molecule has 0 unspecified atom stereocenters. The van der Waals surface area contributed by atoms with Crippen molar-refractivity contribution in [1.82, 2.24) is 4.98 Å². The zero-order chi connectivity index (χ0) is 20.6. The molecule has 1 N–H and O–H groups in total. The Hall–Kier alpha value is -3.47. The smallest absolute Gasteiger partial charge is 0.303 e. The van der Waals surface area contributed by atoms with Crippen molar-refractivity contribution in [3.05, 3.63) is 95.3 Å². The summed E-state index contributed by atoms with van der Waals surface area (Å²) in [6, 6.07) is 20.2. The van der Waals surface area contributed by atoms with E-state index < -0.39 is 11.9 Å². The van der Waals surface area contributed by atoms with E-state index in [1.807, 2.05) is 49.4 Å². The van der Waals surface area contributed by atoms with Crippen molar-refractivity contribution in [3.8, 4) is 5.75 Å². The molecular formula is C24H23NO4. The number of aryl methyl sites for hydroxylation is 1. The summed E-state index contributed by atoms with van der Waals surface area (Å²) in [5.74, 6) is -0.964. The third kappa shape index (κ3) is 5.51. The fourth-order valence-corrected chi connectivity index (χ4v) is 3.25. The molecule has 3 aromatic rings. The van der Waals surface area contributed by atoms with E-state index in [9.17, 15) is 9.59 Å². The number of ether oxygens (including phenoxy) is 1. The molecular weight excluding hydrogens is 366 g/mol. The second kappa shape index (κ2) is 9.64. The number of carboxylic acids is 1. The van der Waals surface area contributed by atoms with Gasteiger partial charge in [-0.25, -0.2) is 0 Å². The summed E-state index contributed by atoms with van der Waals surface area (Å²) in [7, 11) is 0. The third-order valence-electron chi connectivity index (χ3n) is 4.76. The number of carbonyl (C=O) groups excluding carboxylic acids is 1. The molecule has 0 spiro atoms. The molecule has 1 aromatic heterocycles. The van der Waals surface area contributed by atoms with Crippen LogP contribution in [-0.4, -0.2) is 21.8 Å². The van der Waals surface area contributed by atoms with Crippen LogP contribution in [0.1, 0.15) is 45.9 Å². The Labute approximate surface area is 170 Å². The van der Waals surface area contributed by atoms with E-state index in [1.165, 1.54) is 0 Å². The highest BCUT2D eigenvalue weighted by atomic mass is 16.5. The lowest BCUT2D eigenvalue weighted by molar-refractivity contribution is -0.137. The first-order chi connectivity index (χ1) is 14.0. The number of hydrogen-bond donors (Lipinski definition) is 1. The minimum absolute atomic E-state index is 0.0688. The van der Waals surface area contributed by atoms with Crippen LogP contribution >= 0.6 is 0 Å². The Morgan fingerprint density at radius 1 is 1.03 bits per heavy atom. The topological polar surface area (TPSA) is 76.5 Å². The molecule has 1 atom stereocenters. The van der Waals surface area contributed by atoms with Gasteiger partial charge < -0.3 is 9.84 Å². The second-order valence-electron chi connectivity index (χ2n) is 6.84. The molecule has 148 valence electrons. The molecule has 0 radical (unpaired) electrons.